The molecule has 0 aliphatic carbocycles. The normalized spacial score (nSPS) is 19.4. The Balaban J connectivity index is 1.43. The molecule has 1 amide bonds. The molecule has 2 fully saturated rings. The minimum absolute atomic E-state index is 0.149. The lowest BCUT2D eigenvalue weighted by Crippen LogP contribution is -2.42. The van der Waals surface area contributed by atoms with Crippen LogP contribution in [-0.2, 0) is 9.53 Å². The minimum atomic E-state index is 0.149. The van der Waals surface area contributed by atoms with Gasteiger partial charge in [0.1, 0.15) is 5.76 Å². The Kier molecular flexibility index (Phi) is 5.25. The fraction of sp³-hybridized carbons (Fsp3) is 0.571. The van der Waals surface area contributed by atoms with Crippen LogP contribution in [0.15, 0.2) is 22.7 Å². The number of aromatic nitrogens is 2. The zero-order valence-corrected chi connectivity index (χ0v) is 16.1. The largest absolute Gasteiger partial charge is 0.381 e. The molecule has 2 aliphatic rings. The molecule has 0 bridgehead atoms. The van der Waals surface area contributed by atoms with Crippen LogP contribution in [0.1, 0.15) is 48.7 Å². The molecule has 0 N–H and O–H groups in total. The predicted octanol–water partition coefficient (Wildman–Crippen LogP) is 3.49. The van der Waals surface area contributed by atoms with Gasteiger partial charge in [-0.15, -0.1) is 0 Å². The average Bonchev–Trinajstić information content (AvgIpc) is 3.06. The number of likely N-dealkylation sites (tertiary alicyclic amines) is 1. The molecule has 2 aromatic heterocycles. The summed E-state index contributed by atoms with van der Waals surface area (Å²) in [6, 6.07) is 6.17. The molecule has 2 saturated heterocycles. The summed E-state index contributed by atoms with van der Waals surface area (Å²) in [7, 11) is 0. The lowest BCUT2D eigenvalue weighted by Gasteiger charge is -2.35. The molecule has 6 heteroatoms. The van der Waals surface area contributed by atoms with E-state index < -0.39 is 0 Å². The van der Waals surface area contributed by atoms with Crippen molar-refractivity contribution in [3.63, 3.8) is 0 Å². The molecular formula is C21H27N3O3. The van der Waals surface area contributed by atoms with Crippen molar-refractivity contribution in [2.24, 2.45) is 5.92 Å². The van der Waals surface area contributed by atoms with E-state index in [0.717, 1.165) is 67.2 Å². The Morgan fingerprint density at radius 3 is 2.52 bits per heavy atom. The second kappa shape index (κ2) is 7.80. The monoisotopic (exact) mass is 369 g/mol. The number of carbonyl (C=O) groups excluding carboxylic acids is 1. The van der Waals surface area contributed by atoms with E-state index in [4.69, 9.17) is 14.2 Å². The first-order valence-electron chi connectivity index (χ1n) is 9.90. The summed E-state index contributed by atoms with van der Waals surface area (Å²) in [4.78, 5) is 19.7. The maximum absolute atomic E-state index is 12.7. The fourth-order valence-electron chi connectivity index (χ4n) is 4.27. The summed E-state index contributed by atoms with van der Waals surface area (Å²) in [5.74, 6) is 1.66. The van der Waals surface area contributed by atoms with E-state index in [1.54, 1.807) is 0 Å². The Hall–Kier alpha value is -2.21. The topological polar surface area (TPSA) is 68.5 Å². The van der Waals surface area contributed by atoms with E-state index in [0.29, 0.717) is 25.0 Å². The standard InChI is InChI=1S/C21H27N3O3/c1-14-20(15(2)27-23-14)19-5-3-4-18(22-19)16-6-10-24(11-7-16)21(25)17-8-12-26-13-9-17/h3-5,16-17H,6-13H2,1-2H3. The summed E-state index contributed by atoms with van der Waals surface area (Å²) < 4.78 is 10.7. The third-order valence-corrected chi connectivity index (χ3v) is 5.86. The van der Waals surface area contributed by atoms with Gasteiger partial charge in [-0.25, -0.2) is 0 Å². The van der Waals surface area contributed by atoms with Gasteiger partial charge in [0.05, 0.1) is 17.0 Å². The van der Waals surface area contributed by atoms with Gasteiger partial charge in [0.15, 0.2) is 0 Å². The maximum Gasteiger partial charge on any atom is 0.225 e. The van der Waals surface area contributed by atoms with E-state index in [1.165, 1.54) is 0 Å². The van der Waals surface area contributed by atoms with Crippen LogP contribution in [0, 0.1) is 19.8 Å². The van der Waals surface area contributed by atoms with Crippen molar-refractivity contribution < 1.29 is 14.1 Å². The highest BCUT2D eigenvalue weighted by atomic mass is 16.5. The first-order valence-corrected chi connectivity index (χ1v) is 9.90. The quantitative estimate of drug-likeness (QED) is 0.828. The number of piperidine rings is 1. The van der Waals surface area contributed by atoms with Gasteiger partial charge in [0.25, 0.3) is 0 Å². The first kappa shape index (κ1) is 18.2. The van der Waals surface area contributed by atoms with Gasteiger partial charge in [-0.05, 0) is 51.7 Å². The summed E-state index contributed by atoms with van der Waals surface area (Å²) >= 11 is 0. The van der Waals surface area contributed by atoms with Crippen LogP contribution in [0.25, 0.3) is 11.3 Å². The van der Waals surface area contributed by atoms with E-state index in [9.17, 15) is 4.79 Å². The van der Waals surface area contributed by atoms with Crippen LogP contribution >= 0.6 is 0 Å². The fourth-order valence-corrected chi connectivity index (χ4v) is 4.27. The molecule has 0 atom stereocenters. The zero-order chi connectivity index (χ0) is 18.8. The van der Waals surface area contributed by atoms with Gasteiger partial charge in [-0.3, -0.25) is 9.78 Å². The lowest BCUT2D eigenvalue weighted by molar-refractivity contribution is -0.139. The van der Waals surface area contributed by atoms with Crippen molar-refractivity contribution in [1.29, 1.82) is 0 Å². The van der Waals surface area contributed by atoms with Crippen molar-refractivity contribution in [2.45, 2.75) is 45.4 Å². The highest BCUT2D eigenvalue weighted by Gasteiger charge is 2.30. The van der Waals surface area contributed by atoms with E-state index in [-0.39, 0.29) is 5.92 Å². The molecular weight excluding hydrogens is 342 g/mol. The van der Waals surface area contributed by atoms with Crippen LogP contribution in [0.4, 0.5) is 0 Å². The number of rotatable bonds is 3. The minimum Gasteiger partial charge on any atom is -0.381 e. The van der Waals surface area contributed by atoms with Crippen molar-refractivity contribution >= 4 is 5.91 Å². The molecule has 0 saturated carbocycles. The molecule has 6 nitrogen and oxygen atoms in total. The van der Waals surface area contributed by atoms with Gasteiger partial charge in [0, 0.05) is 43.8 Å². The molecule has 27 heavy (non-hydrogen) atoms. The van der Waals surface area contributed by atoms with Crippen LogP contribution in [-0.4, -0.2) is 47.3 Å². The molecule has 144 valence electrons. The predicted molar refractivity (Wildman–Crippen MR) is 101 cm³/mol. The molecule has 0 unspecified atom stereocenters. The van der Waals surface area contributed by atoms with Crippen molar-refractivity contribution in [3.8, 4) is 11.3 Å². The smallest absolute Gasteiger partial charge is 0.225 e. The maximum atomic E-state index is 12.7. The molecule has 0 spiro atoms. The zero-order valence-electron chi connectivity index (χ0n) is 16.1. The number of ether oxygens (including phenoxy) is 1. The Morgan fingerprint density at radius 1 is 1.11 bits per heavy atom. The molecule has 2 aromatic rings. The average molecular weight is 369 g/mol. The number of nitrogens with zero attached hydrogens (tertiary/aromatic N) is 3. The van der Waals surface area contributed by atoms with Crippen LogP contribution < -0.4 is 0 Å². The first-order chi connectivity index (χ1) is 13.1. The number of hydrogen-bond donors (Lipinski definition) is 0. The molecule has 0 radical (unpaired) electrons. The second-order valence-electron chi connectivity index (χ2n) is 7.63. The van der Waals surface area contributed by atoms with Crippen molar-refractivity contribution in [2.75, 3.05) is 26.3 Å². The molecule has 2 aliphatic heterocycles. The molecule has 4 rings (SSSR count). The summed E-state index contributed by atoms with van der Waals surface area (Å²) in [5, 5.41) is 4.04. The van der Waals surface area contributed by atoms with Gasteiger partial charge in [-0.1, -0.05) is 11.2 Å². The van der Waals surface area contributed by atoms with Crippen molar-refractivity contribution in [3.05, 3.63) is 35.3 Å². The Labute approximate surface area is 159 Å². The van der Waals surface area contributed by atoms with E-state index in [1.807, 2.05) is 24.8 Å². The lowest BCUT2D eigenvalue weighted by atomic mass is 9.91. The Bertz CT molecular complexity index is 783. The highest BCUT2D eigenvalue weighted by molar-refractivity contribution is 5.79. The summed E-state index contributed by atoms with van der Waals surface area (Å²) in [5.41, 5.74) is 3.88. The molecule has 0 aromatic carbocycles. The third-order valence-electron chi connectivity index (χ3n) is 5.86. The van der Waals surface area contributed by atoms with Crippen molar-refractivity contribution in [1.82, 2.24) is 15.0 Å². The van der Waals surface area contributed by atoms with E-state index in [2.05, 4.69) is 17.3 Å². The Morgan fingerprint density at radius 2 is 1.85 bits per heavy atom. The number of hydrogen-bond acceptors (Lipinski definition) is 5. The summed E-state index contributed by atoms with van der Waals surface area (Å²) in [6.07, 6.45) is 3.65. The second-order valence-corrected chi connectivity index (χ2v) is 7.63. The third kappa shape index (κ3) is 3.76. The summed E-state index contributed by atoms with van der Waals surface area (Å²) in [6.45, 7) is 6.93. The van der Waals surface area contributed by atoms with Gasteiger partial charge >= 0.3 is 0 Å². The highest BCUT2D eigenvalue weighted by Crippen LogP contribution is 2.31. The van der Waals surface area contributed by atoms with E-state index >= 15 is 0 Å². The number of amides is 1. The van der Waals surface area contributed by atoms with Gasteiger partial charge < -0.3 is 14.2 Å². The van der Waals surface area contributed by atoms with Gasteiger partial charge in [0.2, 0.25) is 5.91 Å². The number of aryl methyl sites for hydroxylation is 2. The van der Waals surface area contributed by atoms with Gasteiger partial charge in [-0.2, -0.15) is 0 Å². The number of pyridine rings is 1. The van der Waals surface area contributed by atoms with Crippen LogP contribution in [0.5, 0.6) is 0 Å². The number of carbonyl (C=O) groups is 1. The van der Waals surface area contributed by atoms with Crippen LogP contribution in [0.3, 0.4) is 0 Å². The molecule has 4 heterocycles. The van der Waals surface area contributed by atoms with Crippen LogP contribution in [0.2, 0.25) is 0 Å². The SMILES string of the molecule is Cc1noc(C)c1-c1cccc(C2CCN(C(=O)C3CCOCC3)CC2)n1.